The average molecular weight is 167 g/mol. The largest absolute Gasteiger partial charge is 0.481 e. The fourth-order valence-corrected chi connectivity index (χ4v) is 0.805. The standard InChI is InChI=1S/C8H9NO3/c1-6-3-8(11-2)9-4-7(6)12-5-10/h3-5H,1-2H3. The van der Waals surface area contributed by atoms with E-state index in [4.69, 9.17) is 4.74 Å². The van der Waals surface area contributed by atoms with E-state index in [-0.39, 0.29) is 0 Å². The summed E-state index contributed by atoms with van der Waals surface area (Å²) in [4.78, 5) is 13.9. The van der Waals surface area contributed by atoms with Crippen LogP contribution in [0.2, 0.25) is 0 Å². The molecule has 4 nitrogen and oxygen atoms in total. The highest BCUT2D eigenvalue weighted by Crippen LogP contribution is 2.19. The Morgan fingerprint density at radius 2 is 2.33 bits per heavy atom. The van der Waals surface area contributed by atoms with E-state index < -0.39 is 0 Å². The first-order valence-electron chi connectivity index (χ1n) is 3.39. The summed E-state index contributed by atoms with van der Waals surface area (Å²) < 4.78 is 9.51. The molecule has 0 bridgehead atoms. The van der Waals surface area contributed by atoms with Gasteiger partial charge < -0.3 is 9.47 Å². The molecule has 1 aromatic heterocycles. The van der Waals surface area contributed by atoms with Crippen molar-refractivity contribution in [1.82, 2.24) is 4.98 Å². The van der Waals surface area contributed by atoms with Gasteiger partial charge in [0, 0.05) is 6.07 Å². The molecule has 1 aromatic rings. The summed E-state index contributed by atoms with van der Waals surface area (Å²) in [6, 6.07) is 1.69. The molecule has 12 heavy (non-hydrogen) atoms. The van der Waals surface area contributed by atoms with Crippen LogP contribution < -0.4 is 9.47 Å². The molecule has 0 amide bonds. The molecule has 0 atom stereocenters. The molecule has 0 aromatic carbocycles. The molecule has 1 heterocycles. The van der Waals surface area contributed by atoms with Crippen LogP contribution in [0.25, 0.3) is 0 Å². The first-order chi connectivity index (χ1) is 5.77. The molecule has 1 rings (SSSR count). The molecule has 0 aliphatic carbocycles. The lowest BCUT2D eigenvalue weighted by Gasteiger charge is -2.03. The van der Waals surface area contributed by atoms with Crippen molar-refractivity contribution in [2.75, 3.05) is 7.11 Å². The van der Waals surface area contributed by atoms with Crippen molar-refractivity contribution in [3.05, 3.63) is 17.8 Å². The third-order valence-electron chi connectivity index (χ3n) is 1.42. The van der Waals surface area contributed by atoms with Gasteiger partial charge in [-0.25, -0.2) is 4.98 Å². The van der Waals surface area contributed by atoms with Gasteiger partial charge in [0.15, 0.2) is 5.75 Å². The van der Waals surface area contributed by atoms with Crippen molar-refractivity contribution in [1.29, 1.82) is 0 Å². The van der Waals surface area contributed by atoms with Crippen LogP contribution in [-0.4, -0.2) is 18.6 Å². The normalized spacial score (nSPS) is 9.17. The van der Waals surface area contributed by atoms with E-state index in [1.54, 1.807) is 6.07 Å². The summed E-state index contributed by atoms with van der Waals surface area (Å²) in [6.45, 7) is 2.18. The van der Waals surface area contributed by atoms with Gasteiger partial charge in [-0.3, -0.25) is 4.79 Å². The third kappa shape index (κ3) is 1.72. The number of rotatable bonds is 3. The Morgan fingerprint density at radius 1 is 1.58 bits per heavy atom. The van der Waals surface area contributed by atoms with E-state index in [0.29, 0.717) is 18.1 Å². The van der Waals surface area contributed by atoms with Gasteiger partial charge in [-0.15, -0.1) is 0 Å². The van der Waals surface area contributed by atoms with Gasteiger partial charge in [0.25, 0.3) is 6.47 Å². The Bertz CT molecular complexity index is 286. The van der Waals surface area contributed by atoms with Crippen LogP contribution >= 0.6 is 0 Å². The number of pyridine rings is 1. The van der Waals surface area contributed by atoms with Crippen LogP contribution in [-0.2, 0) is 4.79 Å². The van der Waals surface area contributed by atoms with Crippen LogP contribution in [0, 0.1) is 6.92 Å². The van der Waals surface area contributed by atoms with Gasteiger partial charge >= 0.3 is 0 Å². The van der Waals surface area contributed by atoms with E-state index >= 15 is 0 Å². The van der Waals surface area contributed by atoms with E-state index in [9.17, 15) is 4.79 Å². The Kier molecular flexibility index (Phi) is 2.63. The molecular formula is C8H9NO3. The van der Waals surface area contributed by atoms with Crippen molar-refractivity contribution < 1.29 is 14.3 Å². The number of carbonyl (C=O) groups is 1. The van der Waals surface area contributed by atoms with Gasteiger partial charge in [0.1, 0.15) is 0 Å². The molecule has 4 heteroatoms. The van der Waals surface area contributed by atoms with Gasteiger partial charge in [0.2, 0.25) is 5.88 Å². The van der Waals surface area contributed by atoms with Crippen LogP contribution in [0.15, 0.2) is 12.3 Å². The second-order valence-electron chi connectivity index (χ2n) is 2.21. The van der Waals surface area contributed by atoms with Crippen LogP contribution in [0.3, 0.4) is 0 Å². The maximum Gasteiger partial charge on any atom is 0.298 e. The fourth-order valence-electron chi connectivity index (χ4n) is 0.805. The highest BCUT2D eigenvalue weighted by molar-refractivity contribution is 5.47. The van der Waals surface area contributed by atoms with E-state index in [1.165, 1.54) is 13.3 Å². The quantitative estimate of drug-likeness (QED) is 0.628. The van der Waals surface area contributed by atoms with Crippen LogP contribution in [0.4, 0.5) is 0 Å². The molecule has 0 aliphatic heterocycles. The predicted octanol–water partition coefficient (Wildman–Crippen LogP) is 0.934. The molecular weight excluding hydrogens is 158 g/mol. The minimum absolute atomic E-state index is 0.372. The van der Waals surface area contributed by atoms with Crippen molar-refractivity contribution in [3.63, 3.8) is 0 Å². The second-order valence-corrected chi connectivity index (χ2v) is 2.21. The monoisotopic (exact) mass is 167 g/mol. The Labute approximate surface area is 70.1 Å². The summed E-state index contributed by atoms with van der Waals surface area (Å²) in [5, 5.41) is 0. The van der Waals surface area contributed by atoms with Crippen molar-refractivity contribution >= 4 is 6.47 Å². The summed E-state index contributed by atoms with van der Waals surface area (Å²) in [5.41, 5.74) is 0.814. The molecule has 0 saturated heterocycles. The van der Waals surface area contributed by atoms with Gasteiger partial charge in [-0.1, -0.05) is 0 Å². The summed E-state index contributed by atoms with van der Waals surface area (Å²) >= 11 is 0. The predicted molar refractivity (Wildman–Crippen MR) is 42.2 cm³/mol. The number of hydrogen-bond donors (Lipinski definition) is 0. The first kappa shape index (κ1) is 8.52. The minimum atomic E-state index is 0.372. The van der Waals surface area contributed by atoms with Crippen molar-refractivity contribution in [3.8, 4) is 11.6 Å². The maximum absolute atomic E-state index is 10.00. The van der Waals surface area contributed by atoms with E-state index in [2.05, 4.69) is 9.72 Å². The van der Waals surface area contributed by atoms with E-state index in [1.807, 2.05) is 6.92 Å². The Hall–Kier alpha value is -1.58. The van der Waals surface area contributed by atoms with Crippen molar-refractivity contribution in [2.45, 2.75) is 6.92 Å². The average Bonchev–Trinajstić information content (AvgIpc) is 2.09. The van der Waals surface area contributed by atoms with Crippen LogP contribution in [0.5, 0.6) is 11.6 Å². The molecule has 0 unspecified atom stereocenters. The molecule has 0 saturated carbocycles. The van der Waals surface area contributed by atoms with E-state index in [0.717, 1.165) is 5.56 Å². The Balaban J connectivity index is 2.94. The molecule has 0 radical (unpaired) electrons. The topological polar surface area (TPSA) is 48.4 Å². The smallest absolute Gasteiger partial charge is 0.298 e. The van der Waals surface area contributed by atoms with Crippen LogP contribution in [0.1, 0.15) is 5.56 Å². The molecule has 64 valence electrons. The second kappa shape index (κ2) is 3.71. The molecule has 0 spiro atoms. The summed E-state index contributed by atoms with van der Waals surface area (Å²) in [5.74, 6) is 0.955. The number of carbonyl (C=O) groups excluding carboxylic acids is 1. The number of methoxy groups -OCH3 is 1. The lowest BCUT2D eigenvalue weighted by atomic mass is 10.3. The number of ether oxygens (including phenoxy) is 2. The summed E-state index contributed by atoms with van der Waals surface area (Å²) in [7, 11) is 1.53. The lowest BCUT2D eigenvalue weighted by molar-refractivity contribution is -0.120. The zero-order valence-corrected chi connectivity index (χ0v) is 6.90. The fraction of sp³-hybridized carbons (Fsp3) is 0.250. The van der Waals surface area contributed by atoms with Gasteiger partial charge in [0.05, 0.1) is 13.3 Å². The molecule has 0 aliphatic rings. The number of nitrogens with zero attached hydrogens (tertiary/aromatic N) is 1. The number of hydrogen-bond acceptors (Lipinski definition) is 4. The zero-order valence-electron chi connectivity index (χ0n) is 6.90. The first-order valence-corrected chi connectivity index (χ1v) is 3.39. The lowest BCUT2D eigenvalue weighted by Crippen LogP contribution is -1.94. The Morgan fingerprint density at radius 3 is 2.83 bits per heavy atom. The highest BCUT2D eigenvalue weighted by Gasteiger charge is 2.01. The molecule has 0 fully saturated rings. The maximum atomic E-state index is 10.00. The zero-order chi connectivity index (χ0) is 8.97. The number of aryl methyl sites for hydroxylation is 1. The minimum Gasteiger partial charge on any atom is -0.481 e. The van der Waals surface area contributed by atoms with Crippen molar-refractivity contribution in [2.24, 2.45) is 0 Å². The third-order valence-corrected chi connectivity index (χ3v) is 1.42. The van der Waals surface area contributed by atoms with Gasteiger partial charge in [-0.2, -0.15) is 0 Å². The van der Waals surface area contributed by atoms with Gasteiger partial charge in [-0.05, 0) is 12.5 Å². The highest BCUT2D eigenvalue weighted by atomic mass is 16.5. The molecule has 0 N–H and O–H groups in total. The SMILES string of the molecule is COc1cc(C)c(OC=O)cn1. The summed E-state index contributed by atoms with van der Waals surface area (Å²) in [6.07, 6.45) is 1.45. The number of aromatic nitrogens is 1.